The monoisotopic (exact) mass is 373 g/mol. The number of aliphatic hydroxyl groups is 1. The zero-order chi connectivity index (χ0) is 19.8. The van der Waals surface area contributed by atoms with E-state index in [1.807, 2.05) is 0 Å². The molecule has 0 heterocycles. The molecule has 0 bridgehead atoms. The van der Waals surface area contributed by atoms with Crippen molar-refractivity contribution in [2.45, 2.75) is 25.4 Å². The van der Waals surface area contributed by atoms with Gasteiger partial charge in [-0.05, 0) is 48.4 Å². The van der Waals surface area contributed by atoms with Crippen LogP contribution < -0.4 is 4.74 Å². The molecule has 0 aliphatic carbocycles. The van der Waals surface area contributed by atoms with E-state index >= 15 is 0 Å². The summed E-state index contributed by atoms with van der Waals surface area (Å²) in [6.45, 7) is 0.151. The second kappa shape index (κ2) is 9.83. The molecule has 27 heavy (non-hydrogen) atoms. The molecular weight excluding hydrogens is 349 g/mol. The Labute approximate surface area is 158 Å². The highest BCUT2D eigenvalue weighted by Crippen LogP contribution is 2.20. The first kappa shape index (κ1) is 20.6. The van der Waals surface area contributed by atoms with Gasteiger partial charge < -0.3 is 14.7 Å². The number of ether oxygens (including phenoxy) is 1. The first-order valence-electron chi connectivity index (χ1n) is 8.75. The summed E-state index contributed by atoms with van der Waals surface area (Å²) in [4.78, 5) is 25.7. The summed E-state index contributed by atoms with van der Waals surface area (Å²) in [5.41, 5.74) is 1.10. The van der Waals surface area contributed by atoms with E-state index in [1.54, 1.807) is 38.4 Å². The SMILES string of the molecule is COc1cccc(C(O)CN(C)C(=O)CCCC(=O)c2ccc(F)cc2)c1. The molecule has 5 nitrogen and oxygen atoms in total. The zero-order valence-corrected chi connectivity index (χ0v) is 15.5. The molecule has 2 aromatic carbocycles. The number of amides is 1. The third-order valence-electron chi connectivity index (χ3n) is 4.31. The highest BCUT2D eigenvalue weighted by molar-refractivity contribution is 5.96. The lowest BCUT2D eigenvalue weighted by atomic mass is 10.0. The van der Waals surface area contributed by atoms with Crippen LogP contribution in [-0.4, -0.2) is 42.4 Å². The van der Waals surface area contributed by atoms with E-state index in [2.05, 4.69) is 0 Å². The number of Topliss-reactive ketones (excluding diaryl/α,β-unsaturated/α-hetero) is 1. The van der Waals surface area contributed by atoms with Crippen LogP contribution in [0.3, 0.4) is 0 Å². The van der Waals surface area contributed by atoms with Crippen LogP contribution in [0.5, 0.6) is 5.75 Å². The number of benzene rings is 2. The lowest BCUT2D eigenvalue weighted by Crippen LogP contribution is -2.31. The van der Waals surface area contributed by atoms with Crippen molar-refractivity contribution in [2.24, 2.45) is 0 Å². The number of rotatable bonds is 9. The van der Waals surface area contributed by atoms with Gasteiger partial charge in [0.25, 0.3) is 0 Å². The van der Waals surface area contributed by atoms with Gasteiger partial charge >= 0.3 is 0 Å². The Morgan fingerprint density at radius 1 is 1.15 bits per heavy atom. The molecule has 1 N–H and O–H groups in total. The second-order valence-corrected chi connectivity index (χ2v) is 6.35. The third kappa shape index (κ3) is 6.18. The van der Waals surface area contributed by atoms with Crippen molar-refractivity contribution < 1.29 is 23.8 Å². The average molecular weight is 373 g/mol. The van der Waals surface area contributed by atoms with E-state index in [-0.39, 0.29) is 31.1 Å². The maximum Gasteiger partial charge on any atom is 0.222 e. The summed E-state index contributed by atoms with van der Waals surface area (Å²) in [6.07, 6.45) is -0.0121. The fraction of sp³-hybridized carbons (Fsp3) is 0.333. The summed E-state index contributed by atoms with van der Waals surface area (Å²) in [7, 11) is 3.17. The molecule has 1 atom stereocenters. The number of hydrogen-bond donors (Lipinski definition) is 1. The number of ketones is 1. The number of methoxy groups -OCH3 is 1. The number of hydrogen-bond acceptors (Lipinski definition) is 4. The summed E-state index contributed by atoms with van der Waals surface area (Å²) >= 11 is 0. The Hall–Kier alpha value is -2.73. The van der Waals surface area contributed by atoms with Crippen LogP contribution >= 0.6 is 0 Å². The molecule has 0 aromatic heterocycles. The van der Waals surface area contributed by atoms with Gasteiger partial charge in [0.2, 0.25) is 5.91 Å². The fourth-order valence-corrected chi connectivity index (χ4v) is 2.69. The van der Waals surface area contributed by atoms with Gasteiger partial charge in [0.1, 0.15) is 11.6 Å². The predicted octanol–water partition coefficient (Wildman–Crippen LogP) is 3.38. The molecule has 6 heteroatoms. The Morgan fingerprint density at radius 2 is 1.85 bits per heavy atom. The van der Waals surface area contributed by atoms with Gasteiger partial charge in [0.05, 0.1) is 19.8 Å². The summed E-state index contributed by atoms with van der Waals surface area (Å²) in [6, 6.07) is 12.4. The van der Waals surface area contributed by atoms with Gasteiger partial charge in [-0.3, -0.25) is 9.59 Å². The molecule has 0 aliphatic rings. The third-order valence-corrected chi connectivity index (χ3v) is 4.31. The lowest BCUT2D eigenvalue weighted by Gasteiger charge is -2.21. The molecule has 0 fully saturated rings. The number of nitrogens with zero attached hydrogens (tertiary/aromatic N) is 1. The summed E-state index contributed by atoms with van der Waals surface area (Å²) < 4.78 is 18.0. The normalized spacial score (nSPS) is 11.7. The van der Waals surface area contributed by atoms with Crippen molar-refractivity contribution in [3.8, 4) is 5.75 Å². The van der Waals surface area contributed by atoms with E-state index in [9.17, 15) is 19.1 Å². The minimum Gasteiger partial charge on any atom is -0.497 e. The first-order valence-corrected chi connectivity index (χ1v) is 8.75. The van der Waals surface area contributed by atoms with Crippen molar-refractivity contribution >= 4 is 11.7 Å². The van der Waals surface area contributed by atoms with Crippen LogP contribution in [0.1, 0.15) is 41.3 Å². The number of aliphatic hydroxyl groups excluding tert-OH is 1. The van der Waals surface area contributed by atoms with Crippen LogP contribution in [0.2, 0.25) is 0 Å². The van der Waals surface area contributed by atoms with Crippen molar-refractivity contribution in [3.63, 3.8) is 0 Å². The Bertz CT molecular complexity index is 776. The minimum absolute atomic E-state index is 0.123. The van der Waals surface area contributed by atoms with Crippen molar-refractivity contribution in [1.29, 1.82) is 0 Å². The predicted molar refractivity (Wildman–Crippen MR) is 100 cm³/mol. The molecule has 0 aliphatic heterocycles. The largest absolute Gasteiger partial charge is 0.497 e. The van der Waals surface area contributed by atoms with Gasteiger partial charge in [-0.2, -0.15) is 0 Å². The highest BCUT2D eigenvalue weighted by Gasteiger charge is 2.16. The van der Waals surface area contributed by atoms with Crippen LogP contribution in [0.15, 0.2) is 48.5 Å². The maximum atomic E-state index is 12.9. The van der Waals surface area contributed by atoms with Crippen LogP contribution in [0.4, 0.5) is 4.39 Å². The first-order chi connectivity index (χ1) is 12.9. The number of halogens is 1. The van der Waals surface area contributed by atoms with Gasteiger partial charge in [-0.1, -0.05) is 12.1 Å². The molecule has 0 radical (unpaired) electrons. The van der Waals surface area contributed by atoms with Crippen LogP contribution in [0, 0.1) is 5.82 Å². The topological polar surface area (TPSA) is 66.8 Å². The number of carbonyl (C=O) groups is 2. The van der Waals surface area contributed by atoms with Crippen LogP contribution in [-0.2, 0) is 4.79 Å². The van der Waals surface area contributed by atoms with Gasteiger partial charge in [0.15, 0.2) is 5.78 Å². The van der Waals surface area contributed by atoms with Gasteiger partial charge in [0, 0.05) is 25.5 Å². The maximum absolute atomic E-state index is 12.9. The van der Waals surface area contributed by atoms with Crippen LogP contribution in [0.25, 0.3) is 0 Å². The molecule has 2 aromatic rings. The quantitative estimate of drug-likeness (QED) is 0.685. The Morgan fingerprint density at radius 3 is 2.52 bits per heavy atom. The van der Waals surface area contributed by atoms with E-state index in [0.29, 0.717) is 23.3 Å². The zero-order valence-electron chi connectivity index (χ0n) is 15.5. The van der Waals surface area contributed by atoms with Gasteiger partial charge in [-0.15, -0.1) is 0 Å². The van der Waals surface area contributed by atoms with Crippen molar-refractivity contribution in [2.75, 3.05) is 20.7 Å². The van der Waals surface area contributed by atoms with Crippen molar-refractivity contribution in [1.82, 2.24) is 4.90 Å². The van der Waals surface area contributed by atoms with E-state index in [0.717, 1.165) is 0 Å². The molecular formula is C21H24FNO4. The summed E-state index contributed by atoms with van der Waals surface area (Å²) in [5.74, 6) is -0.0245. The average Bonchev–Trinajstić information content (AvgIpc) is 2.68. The summed E-state index contributed by atoms with van der Waals surface area (Å²) in [5, 5.41) is 10.3. The molecule has 0 saturated heterocycles. The molecule has 0 spiro atoms. The molecule has 1 amide bonds. The van der Waals surface area contributed by atoms with E-state index in [1.165, 1.54) is 29.2 Å². The molecule has 0 saturated carbocycles. The smallest absolute Gasteiger partial charge is 0.222 e. The fourth-order valence-electron chi connectivity index (χ4n) is 2.69. The van der Waals surface area contributed by atoms with Crippen molar-refractivity contribution in [3.05, 3.63) is 65.5 Å². The highest BCUT2D eigenvalue weighted by atomic mass is 19.1. The number of carbonyl (C=O) groups excluding carboxylic acids is 2. The number of likely N-dealkylation sites (N-methyl/N-ethyl adjacent to an activating group) is 1. The standard InChI is InChI=1S/C21H24FNO4/c1-23(14-20(25)16-5-3-6-18(13-16)27-2)21(26)8-4-7-19(24)15-9-11-17(22)12-10-15/h3,5-6,9-13,20,25H,4,7-8,14H2,1-2H3. The molecule has 2 rings (SSSR count). The van der Waals surface area contributed by atoms with Gasteiger partial charge in [-0.25, -0.2) is 4.39 Å². The minimum atomic E-state index is -0.824. The second-order valence-electron chi connectivity index (χ2n) is 6.35. The molecule has 144 valence electrons. The van der Waals surface area contributed by atoms with E-state index in [4.69, 9.17) is 4.74 Å². The lowest BCUT2D eigenvalue weighted by molar-refractivity contribution is -0.131. The Kier molecular flexibility index (Phi) is 7.49. The van der Waals surface area contributed by atoms with E-state index < -0.39 is 11.9 Å². The Balaban J connectivity index is 1.79. The molecule has 1 unspecified atom stereocenters.